The number of esters is 1. The topological polar surface area (TPSA) is 79.5 Å². The molecular weight excluding hydrogens is 412 g/mol. The van der Waals surface area contributed by atoms with Crippen LogP contribution in [0, 0.1) is 0 Å². The van der Waals surface area contributed by atoms with Crippen LogP contribution >= 0.6 is 11.6 Å². The van der Waals surface area contributed by atoms with E-state index in [-0.39, 0.29) is 15.5 Å². The number of aromatic amines is 1. The van der Waals surface area contributed by atoms with Crippen molar-refractivity contribution in [1.82, 2.24) is 9.29 Å². The first-order valence-corrected chi connectivity index (χ1v) is 11.2. The average molecular weight is 433 g/mol. The molecule has 29 heavy (non-hydrogen) atoms. The fourth-order valence-electron chi connectivity index (χ4n) is 3.93. The number of fused-ring (bicyclic) bond motifs is 1. The van der Waals surface area contributed by atoms with Crippen LogP contribution in [-0.2, 0) is 14.8 Å². The monoisotopic (exact) mass is 432 g/mol. The molecule has 0 radical (unpaired) electrons. The second kappa shape index (κ2) is 7.82. The van der Waals surface area contributed by atoms with E-state index in [0.717, 1.165) is 18.4 Å². The number of carbonyl (C=O) groups excluding carboxylic acids is 1. The van der Waals surface area contributed by atoms with Crippen molar-refractivity contribution in [3.05, 3.63) is 64.8 Å². The number of benzene rings is 2. The van der Waals surface area contributed by atoms with E-state index in [0.29, 0.717) is 19.0 Å². The normalized spacial score (nSPS) is 16.2. The molecule has 1 aliphatic rings. The van der Waals surface area contributed by atoms with Crippen LogP contribution in [0.1, 0.15) is 34.7 Å². The fraction of sp³-hybridized carbons (Fsp3) is 0.286. The Labute approximate surface area is 174 Å². The predicted octanol–water partition coefficient (Wildman–Crippen LogP) is 4.18. The number of halogens is 1. The highest BCUT2D eigenvalue weighted by atomic mass is 35.5. The van der Waals surface area contributed by atoms with Crippen molar-refractivity contribution in [2.75, 3.05) is 20.2 Å². The predicted molar refractivity (Wildman–Crippen MR) is 112 cm³/mol. The molecule has 1 aromatic heterocycles. The second-order valence-electron chi connectivity index (χ2n) is 7.10. The van der Waals surface area contributed by atoms with Gasteiger partial charge in [0.1, 0.15) is 4.90 Å². The summed E-state index contributed by atoms with van der Waals surface area (Å²) in [6.07, 6.45) is 3.50. The third-order valence-corrected chi connectivity index (χ3v) is 7.87. The number of piperidine rings is 1. The van der Waals surface area contributed by atoms with E-state index < -0.39 is 16.0 Å². The highest BCUT2D eigenvalue weighted by Gasteiger charge is 2.32. The summed E-state index contributed by atoms with van der Waals surface area (Å²) >= 11 is 6.19. The van der Waals surface area contributed by atoms with Crippen molar-refractivity contribution in [3.63, 3.8) is 0 Å². The summed E-state index contributed by atoms with van der Waals surface area (Å²) in [5.74, 6) is -0.259. The first kappa shape index (κ1) is 19.9. The highest BCUT2D eigenvalue weighted by Crippen LogP contribution is 2.35. The average Bonchev–Trinajstić information content (AvgIpc) is 3.17. The number of ether oxygens (including phenoxy) is 1. The molecule has 0 saturated carbocycles. The van der Waals surface area contributed by atoms with Crippen LogP contribution in [0.2, 0.25) is 5.02 Å². The molecule has 0 bridgehead atoms. The van der Waals surface area contributed by atoms with Gasteiger partial charge in [0.2, 0.25) is 10.0 Å². The highest BCUT2D eigenvalue weighted by molar-refractivity contribution is 7.89. The van der Waals surface area contributed by atoms with Gasteiger partial charge in [0.25, 0.3) is 0 Å². The molecule has 1 fully saturated rings. The van der Waals surface area contributed by atoms with Gasteiger partial charge in [-0.2, -0.15) is 4.31 Å². The number of carbonyl (C=O) groups is 1. The first-order chi connectivity index (χ1) is 13.9. The lowest BCUT2D eigenvalue weighted by atomic mass is 9.90. The molecule has 152 valence electrons. The second-order valence-corrected chi connectivity index (χ2v) is 9.42. The van der Waals surface area contributed by atoms with Gasteiger partial charge < -0.3 is 9.72 Å². The summed E-state index contributed by atoms with van der Waals surface area (Å²) in [5, 5.41) is 1.21. The molecule has 0 aliphatic carbocycles. The van der Waals surface area contributed by atoms with Crippen LogP contribution in [0.15, 0.2) is 53.6 Å². The molecule has 6 nitrogen and oxygen atoms in total. The van der Waals surface area contributed by atoms with Crippen molar-refractivity contribution in [1.29, 1.82) is 0 Å². The fourth-order valence-corrected chi connectivity index (χ4v) is 5.92. The largest absolute Gasteiger partial charge is 0.465 e. The molecule has 0 unspecified atom stereocenters. The number of hydrogen-bond donors (Lipinski definition) is 1. The van der Waals surface area contributed by atoms with Gasteiger partial charge in [-0.1, -0.05) is 29.8 Å². The molecule has 3 aromatic rings. The molecule has 0 amide bonds. The molecule has 1 saturated heterocycles. The minimum absolute atomic E-state index is 0.0114. The standard InChI is InChI=1S/C21H21ClN2O4S/c1-28-21(25)15-6-7-20(18(22)12-15)29(26,27)24-10-8-14(9-11-24)17-13-23-19-5-3-2-4-16(17)19/h2-7,12-14,23H,8-11H2,1H3. The number of para-hydroxylation sites is 1. The van der Waals surface area contributed by atoms with Crippen molar-refractivity contribution in [2.45, 2.75) is 23.7 Å². The number of aromatic nitrogens is 1. The maximum Gasteiger partial charge on any atom is 0.337 e. The zero-order chi connectivity index (χ0) is 20.6. The Balaban J connectivity index is 1.52. The van der Waals surface area contributed by atoms with E-state index in [1.54, 1.807) is 0 Å². The van der Waals surface area contributed by atoms with Gasteiger partial charge in [-0.05, 0) is 48.6 Å². The van der Waals surface area contributed by atoms with Crippen LogP contribution in [0.3, 0.4) is 0 Å². The Bertz CT molecular complexity index is 1160. The Morgan fingerprint density at radius 2 is 1.90 bits per heavy atom. The quantitative estimate of drug-likeness (QED) is 0.627. The Morgan fingerprint density at radius 3 is 2.59 bits per heavy atom. The van der Waals surface area contributed by atoms with Gasteiger partial charge in [-0.15, -0.1) is 0 Å². The lowest BCUT2D eigenvalue weighted by Gasteiger charge is -2.31. The molecule has 0 atom stereocenters. The van der Waals surface area contributed by atoms with Gasteiger partial charge in [-0.3, -0.25) is 0 Å². The maximum absolute atomic E-state index is 13.1. The van der Waals surface area contributed by atoms with Gasteiger partial charge >= 0.3 is 5.97 Å². The van der Waals surface area contributed by atoms with Crippen LogP contribution < -0.4 is 0 Å². The number of methoxy groups -OCH3 is 1. The zero-order valence-electron chi connectivity index (χ0n) is 15.9. The summed E-state index contributed by atoms with van der Waals surface area (Å²) in [5.41, 5.74) is 2.54. The third kappa shape index (κ3) is 3.66. The minimum atomic E-state index is -3.74. The summed E-state index contributed by atoms with van der Waals surface area (Å²) < 4.78 is 32.3. The number of H-pyrrole nitrogens is 1. The molecule has 1 aliphatic heterocycles. The van der Waals surface area contributed by atoms with E-state index in [2.05, 4.69) is 15.8 Å². The number of hydrogen-bond acceptors (Lipinski definition) is 4. The molecule has 8 heteroatoms. The molecule has 2 aromatic carbocycles. The molecule has 0 spiro atoms. The van der Waals surface area contributed by atoms with E-state index >= 15 is 0 Å². The molecule has 1 N–H and O–H groups in total. The van der Waals surface area contributed by atoms with Crippen LogP contribution in [0.4, 0.5) is 0 Å². The first-order valence-electron chi connectivity index (χ1n) is 9.36. The van der Waals surface area contributed by atoms with Crippen molar-refractivity contribution < 1.29 is 17.9 Å². The summed E-state index contributed by atoms with van der Waals surface area (Å²) in [6.45, 7) is 0.836. The summed E-state index contributed by atoms with van der Waals surface area (Å²) in [7, 11) is -2.47. The van der Waals surface area contributed by atoms with Crippen molar-refractivity contribution >= 4 is 38.5 Å². The number of nitrogens with zero attached hydrogens (tertiary/aromatic N) is 1. The van der Waals surface area contributed by atoms with Gasteiger partial charge in [0, 0.05) is 30.2 Å². The Morgan fingerprint density at radius 1 is 1.17 bits per heavy atom. The Kier molecular flexibility index (Phi) is 5.38. The van der Waals surface area contributed by atoms with Crippen LogP contribution in [0.5, 0.6) is 0 Å². The van der Waals surface area contributed by atoms with Gasteiger partial charge in [0.15, 0.2) is 0 Å². The Hall–Kier alpha value is -2.35. The van der Waals surface area contributed by atoms with E-state index in [4.69, 9.17) is 11.6 Å². The smallest absolute Gasteiger partial charge is 0.337 e. The summed E-state index contributed by atoms with van der Waals surface area (Å²) in [6, 6.07) is 12.3. The lowest BCUT2D eigenvalue weighted by Crippen LogP contribution is -2.38. The van der Waals surface area contributed by atoms with E-state index in [1.165, 1.54) is 40.6 Å². The van der Waals surface area contributed by atoms with Gasteiger partial charge in [-0.25, -0.2) is 13.2 Å². The lowest BCUT2D eigenvalue weighted by molar-refractivity contribution is 0.0600. The minimum Gasteiger partial charge on any atom is -0.465 e. The van der Waals surface area contributed by atoms with Crippen LogP contribution in [-0.4, -0.2) is 43.9 Å². The SMILES string of the molecule is COC(=O)c1ccc(S(=O)(=O)N2CCC(c3c[nH]c4ccccc34)CC2)c(Cl)c1. The number of rotatable bonds is 4. The number of nitrogens with one attached hydrogen (secondary N) is 1. The van der Waals surface area contributed by atoms with Gasteiger partial charge in [0.05, 0.1) is 17.7 Å². The van der Waals surface area contributed by atoms with E-state index in [9.17, 15) is 13.2 Å². The molecule has 4 rings (SSSR count). The molecular formula is C21H21ClN2O4S. The third-order valence-electron chi connectivity index (χ3n) is 5.49. The van der Waals surface area contributed by atoms with Crippen molar-refractivity contribution in [3.8, 4) is 0 Å². The summed E-state index contributed by atoms with van der Waals surface area (Å²) in [4.78, 5) is 14.9. The maximum atomic E-state index is 13.1. The zero-order valence-corrected chi connectivity index (χ0v) is 17.5. The number of sulfonamides is 1. The molecule has 2 heterocycles. The van der Waals surface area contributed by atoms with Crippen molar-refractivity contribution in [2.24, 2.45) is 0 Å². The van der Waals surface area contributed by atoms with E-state index in [1.807, 2.05) is 24.4 Å². The van der Waals surface area contributed by atoms with Crippen LogP contribution in [0.25, 0.3) is 10.9 Å².